The number of aliphatic hydroxyl groups is 1. The molecule has 0 unspecified atom stereocenters. The predicted octanol–water partition coefficient (Wildman–Crippen LogP) is 1.58. The third-order valence-electron chi connectivity index (χ3n) is 2.56. The van der Waals surface area contributed by atoms with Crippen molar-refractivity contribution in [1.82, 2.24) is 0 Å². The lowest BCUT2D eigenvalue weighted by Crippen LogP contribution is -2.21. The zero-order valence-corrected chi connectivity index (χ0v) is 8.25. The van der Waals surface area contributed by atoms with E-state index in [0.717, 1.165) is 12.8 Å². The molecule has 1 aliphatic rings. The first-order valence-electron chi connectivity index (χ1n) is 5.00. The van der Waals surface area contributed by atoms with Crippen LogP contribution in [0, 0.1) is 17.8 Å². The molecule has 0 saturated heterocycles. The van der Waals surface area contributed by atoms with Gasteiger partial charge >= 0.3 is 0 Å². The SMILES string of the molecule is COCC#C[C@@H](O)C1CCCCC1. The minimum absolute atomic E-state index is 0.401. The van der Waals surface area contributed by atoms with Crippen LogP contribution >= 0.6 is 0 Å². The highest BCUT2D eigenvalue weighted by Gasteiger charge is 2.19. The Balaban J connectivity index is 2.29. The van der Waals surface area contributed by atoms with Crippen LogP contribution in [0.3, 0.4) is 0 Å². The minimum atomic E-state index is -0.435. The lowest BCUT2D eigenvalue weighted by Gasteiger charge is -2.23. The summed E-state index contributed by atoms with van der Waals surface area (Å²) in [4.78, 5) is 0. The van der Waals surface area contributed by atoms with E-state index in [-0.39, 0.29) is 0 Å². The van der Waals surface area contributed by atoms with E-state index in [0.29, 0.717) is 12.5 Å². The van der Waals surface area contributed by atoms with Crippen LogP contribution in [-0.2, 0) is 4.74 Å². The molecule has 0 aromatic carbocycles. The van der Waals surface area contributed by atoms with Crippen molar-refractivity contribution < 1.29 is 9.84 Å². The number of methoxy groups -OCH3 is 1. The maximum atomic E-state index is 9.67. The molecule has 2 nitrogen and oxygen atoms in total. The van der Waals surface area contributed by atoms with Crippen LogP contribution in [-0.4, -0.2) is 24.9 Å². The summed E-state index contributed by atoms with van der Waals surface area (Å²) in [6.45, 7) is 0.420. The van der Waals surface area contributed by atoms with E-state index in [4.69, 9.17) is 4.74 Å². The fraction of sp³-hybridized carbons (Fsp3) is 0.818. The van der Waals surface area contributed by atoms with E-state index in [1.807, 2.05) is 0 Å². The largest absolute Gasteiger partial charge is 0.380 e. The highest BCUT2D eigenvalue weighted by molar-refractivity contribution is 5.06. The molecule has 0 aromatic heterocycles. The molecule has 0 amide bonds. The van der Waals surface area contributed by atoms with Crippen molar-refractivity contribution in [3.8, 4) is 11.8 Å². The third-order valence-corrected chi connectivity index (χ3v) is 2.56. The Morgan fingerprint density at radius 3 is 2.69 bits per heavy atom. The third kappa shape index (κ3) is 3.80. The van der Waals surface area contributed by atoms with Crippen LogP contribution in [0.1, 0.15) is 32.1 Å². The molecule has 1 fully saturated rings. The molecule has 74 valence electrons. The molecule has 0 spiro atoms. The summed E-state index contributed by atoms with van der Waals surface area (Å²) in [5, 5.41) is 9.67. The minimum Gasteiger partial charge on any atom is -0.380 e. The van der Waals surface area contributed by atoms with Gasteiger partial charge in [-0.2, -0.15) is 0 Å². The summed E-state index contributed by atoms with van der Waals surface area (Å²) in [6, 6.07) is 0. The second kappa shape index (κ2) is 6.01. The molecule has 1 rings (SSSR count). The first-order chi connectivity index (χ1) is 6.34. The normalized spacial score (nSPS) is 20.5. The summed E-state index contributed by atoms with van der Waals surface area (Å²) < 4.78 is 4.79. The van der Waals surface area contributed by atoms with E-state index in [9.17, 15) is 5.11 Å². The smallest absolute Gasteiger partial charge is 0.117 e. The van der Waals surface area contributed by atoms with Gasteiger partial charge in [0.25, 0.3) is 0 Å². The number of ether oxygens (including phenoxy) is 1. The summed E-state index contributed by atoms with van der Waals surface area (Å²) >= 11 is 0. The Bertz CT molecular complexity index is 184. The number of rotatable bonds is 2. The molecule has 13 heavy (non-hydrogen) atoms. The molecule has 0 bridgehead atoms. The van der Waals surface area contributed by atoms with Crippen LogP contribution in [0.5, 0.6) is 0 Å². The van der Waals surface area contributed by atoms with Gasteiger partial charge in [0.2, 0.25) is 0 Å². The van der Waals surface area contributed by atoms with Crippen molar-refractivity contribution in [3.05, 3.63) is 0 Å². The zero-order chi connectivity index (χ0) is 9.52. The maximum absolute atomic E-state index is 9.67. The van der Waals surface area contributed by atoms with Crippen LogP contribution in [0.2, 0.25) is 0 Å². The number of aliphatic hydroxyl groups excluding tert-OH is 1. The van der Waals surface area contributed by atoms with Gasteiger partial charge in [0, 0.05) is 7.11 Å². The van der Waals surface area contributed by atoms with E-state index < -0.39 is 6.10 Å². The van der Waals surface area contributed by atoms with Gasteiger partial charge in [0.15, 0.2) is 0 Å². The molecular formula is C11H18O2. The standard InChI is InChI=1S/C11H18O2/c1-13-9-5-8-11(12)10-6-3-2-4-7-10/h10-12H,2-4,6-7,9H2,1H3/t11-/m1/s1. The van der Waals surface area contributed by atoms with Crippen molar-refractivity contribution >= 4 is 0 Å². The Kier molecular flexibility index (Phi) is 4.88. The molecule has 1 saturated carbocycles. The summed E-state index contributed by atoms with van der Waals surface area (Å²) in [5.41, 5.74) is 0. The lowest BCUT2D eigenvalue weighted by molar-refractivity contribution is 0.132. The highest BCUT2D eigenvalue weighted by Crippen LogP contribution is 2.25. The Labute approximate surface area is 80.3 Å². The fourth-order valence-electron chi connectivity index (χ4n) is 1.79. The molecule has 0 aliphatic heterocycles. The van der Waals surface area contributed by atoms with Crippen molar-refractivity contribution in [2.75, 3.05) is 13.7 Å². The van der Waals surface area contributed by atoms with Gasteiger partial charge in [-0.3, -0.25) is 0 Å². The Morgan fingerprint density at radius 1 is 1.38 bits per heavy atom. The highest BCUT2D eigenvalue weighted by atomic mass is 16.5. The van der Waals surface area contributed by atoms with Crippen molar-refractivity contribution in [2.45, 2.75) is 38.2 Å². The number of hydrogen-bond acceptors (Lipinski definition) is 2. The van der Waals surface area contributed by atoms with Gasteiger partial charge in [-0.05, 0) is 18.8 Å². The second-order valence-corrected chi connectivity index (χ2v) is 3.60. The second-order valence-electron chi connectivity index (χ2n) is 3.60. The van der Waals surface area contributed by atoms with Crippen LogP contribution in [0.15, 0.2) is 0 Å². The molecule has 2 heteroatoms. The van der Waals surface area contributed by atoms with Crippen molar-refractivity contribution in [3.63, 3.8) is 0 Å². The van der Waals surface area contributed by atoms with Gasteiger partial charge in [-0.1, -0.05) is 31.1 Å². The van der Waals surface area contributed by atoms with Gasteiger partial charge in [0.1, 0.15) is 12.7 Å². The molecular weight excluding hydrogens is 164 g/mol. The lowest BCUT2D eigenvalue weighted by atomic mass is 9.85. The van der Waals surface area contributed by atoms with Crippen LogP contribution < -0.4 is 0 Å². The van der Waals surface area contributed by atoms with E-state index in [2.05, 4.69) is 11.8 Å². The Morgan fingerprint density at radius 2 is 2.08 bits per heavy atom. The first kappa shape index (κ1) is 10.6. The summed E-state index contributed by atoms with van der Waals surface area (Å²) in [7, 11) is 1.61. The molecule has 1 N–H and O–H groups in total. The summed E-state index contributed by atoms with van der Waals surface area (Å²) in [6.07, 6.45) is 5.62. The van der Waals surface area contributed by atoms with Gasteiger partial charge in [-0.25, -0.2) is 0 Å². The molecule has 1 atom stereocenters. The topological polar surface area (TPSA) is 29.5 Å². The Hall–Kier alpha value is -0.520. The van der Waals surface area contributed by atoms with Gasteiger partial charge in [-0.15, -0.1) is 0 Å². The van der Waals surface area contributed by atoms with Gasteiger partial charge < -0.3 is 9.84 Å². The maximum Gasteiger partial charge on any atom is 0.117 e. The quantitative estimate of drug-likeness (QED) is 0.657. The molecule has 0 aromatic rings. The molecule has 0 heterocycles. The fourth-order valence-corrected chi connectivity index (χ4v) is 1.79. The van der Waals surface area contributed by atoms with Crippen LogP contribution in [0.4, 0.5) is 0 Å². The van der Waals surface area contributed by atoms with E-state index >= 15 is 0 Å². The predicted molar refractivity (Wildman–Crippen MR) is 52.2 cm³/mol. The average Bonchev–Trinajstić information content (AvgIpc) is 2.19. The molecule has 1 aliphatic carbocycles. The number of hydrogen-bond donors (Lipinski definition) is 1. The van der Waals surface area contributed by atoms with Crippen molar-refractivity contribution in [2.24, 2.45) is 5.92 Å². The van der Waals surface area contributed by atoms with Gasteiger partial charge in [0.05, 0.1) is 0 Å². The average molecular weight is 182 g/mol. The van der Waals surface area contributed by atoms with E-state index in [1.165, 1.54) is 19.3 Å². The van der Waals surface area contributed by atoms with Crippen LogP contribution in [0.25, 0.3) is 0 Å². The summed E-state index contributed by atoms with van der Waals surface area (Å²) in [5.74, 6) is 6.04. The first-order valence-corrected chi connectivity index (χ1v) is 5.00. The monoisotopic (exact) mass is 182 g/mol. The van der Waals surface area contributed by atoms with E-state index in [1.54, 1.807) is 7.11 Å². The zero-order valence-electron chi connectivity index (χ0n) is 8.25. The molecule has 0 radical (unpaired) electrons. The van der Waals surface area contributed by atoms with Crippen molar-refractivity contribution in [1.29, 1.82) is 0 Å².